The highest BCUT2D eigenvalue weighted by molar-refractivity contribution is 8.02. The monoisotopic (exact) mass is 325 g/mol. The van der Waals surface area contributed by atoms with Gasteiger partial charge in [0.1, 0.15) is 4.21 Å². The highest BCUT2D eigenvalue weighted by Gasteiger charge is 2.17. The smallest absolute Gasteiger partial charge is 0.265 e. The van der Waals surface area contributed by atoms with Crippen LogP contribution in [0.1, 0.15) is 22.6 Å². The minimum Gasteiger partial charge on any atom is -0.359 e. The standard InChI is InChI=1S/C14H13F2N3S2/c1-7-3-4-10(19-21-11-6-17-8(2)20-11)13-12(7)9(5-18-13)14(15)16/h3-6,14,18-19H,1-2H3. The number of aromatic amines is 1. The number of aryl methyl sites for hydroxylation is 2. The lowest BCUT2D eigenvalue weighted by Crippen LogP contribution is -1.89. The molecule has 3 aromatic rings. The van der Waals surface area contributed by atoms with Crippen molar-refractivity contribution in [3.63, 3.8) is 0 Å². The molecule has 0 unspecified atom stereocenters. The maximum atomic E-state index is 13.0. The average Bonchev–Trinajstić information content (AvgIpc) is 3.05. The molecule has 2 heterocycles. The third-order valence-electron chi connectivity index (χ3n) is 3.17. The van der Waals surface area contributed by atoms with Crippen LogP contribution in [0.5, 0.6) is 0 Å². The van der Waals surface area contributed by atoms with Gasteiger partial charge in [0, 0.05) is 17.1 Å². The first-order valence-electron chi connectivity index (χ1n) is 6.30. The number of aromatic nitrogens is 2. The second-order valence-electron chi connectivity index (χ2n) is 4.63. The maximum Gasteiger partial charge on any atom is 0.265 e. The van der Waals surface area contributed by atoms with Gasteiger partial charge in [-0.15, -0.1) is 11.3 Å². The summed E-state index contributed by atoms with van der Waals surface area (Å²) in [5.41, 5.74) is 2.38. The van der Waals surface area contributed by atoms with Crippen molar-refractivity contribution in [3.8, 4) is 0 Å². The second-order valence-corrected chi connectivity index (χ2v) is 6.97. The summed E-state index contributed by atoms with van der Waals surface area (Å²) in [7, 11) is 0. The van der Waals surface area contributed by atoms with E-state index in [1.54, 1.807) is 17.5 Å². The van der Waals surface area contributed by atoms with E-state index in [0.717, 1.165) is 20.5 Å². The molecule has 0 aliphatic heterocycles. The van der Waals surface area contributed by atoms with E-state index in [4.69, 9.17) is 0 Å². The molecule has 2 aromatic heterocycles. The Kier molecular flexibility index (Phi) is 3.86. The Labute approximate surface area is 128 Å². The number of halogens is 2. The molecule has 0 fully saturated rings. The molecule has 0 bridgehead atoms. The number of benzene rings is 1. The van der Waals surface area contributed by atoms with Gasteiger partial charge >= 0.3 is 0 Å². The number of hydrogen-bond donors (Lipinski definition) is 2. The zero-order valence-electron chi connectivity index (χ0n) is 11.4. The molecule has 3 rings (SSSR count). The topological polar surface area (TPSA) is 40.7 Å². The van der Waals surface area contributed by atoms with Crippen molar-refractivity contribution in [2.75, 3.05) is 4.72 Å². The third-order valence-corrected chi connectivity index (χ3v) is 5.01. The maximum absolute atomic E-state index is 13.0. The van der Waals surface area contributed by atoms with Crippen molar-refractivity contribution in [2.45, 2.75) is 24.5 Å². The lowest BCUT2D eigenvalue weighted by atomic mass is 10.1. The van der Waals surface area contributed by atoms with E-state index in [-0.39, 0.29) is 5.56 Å². The fourth-order valence-corrected chi connectivity index (χ4v) is 3.84. The van der Waals surface area contributed by atoms with E-state index in [0.29, 0.717) is 10.9 Å². The van der Waals surface area contributed by atoms with Gasteiger partial charge in [0.05, 0.1) is 22.4 Å². The number of alkyl halides is 2. The molecule has 0 saturated carbocycles. The van der Waals surface area contributed by atoms with Crippen LogP contribution in [-0.2, 0) is 0 Å². The summed E-state index contributed by atoms with van der Waals surface area (Å²) < 4.78 is 30.3. The van der Waals surface area contributed by atoms with E-state index in [1.807, 2.05) is 26.0 Å². The van der Waals surface area contributed by atoms with Gasteiger partial charge in [-0.1, -0.05) is 6.07 Å². The zero-order valence-corrected chi connectivity index (χ0v) is 13.0. The Bertz CT molecular complexity index is 780. The van der Waals surface area contributed by atoms with Crippen LogP contribution in [0.2, 0.25) is 0 Å². The van der Waals surface area contributed by atoms with Crippen molar-refractivity contribution < 1.29 is 8.78 Å². The minimum atomic E-state index is -2.48. The van der Waals surface area contributed by atoms with Crippen molar-refractivity contribution in [2.24, 2.45) is 0 Å². The number of thiazole rings is 1. The van der Waals surface area contributed by atoms with Crippen LogP contribution in [0.25, 0.3) is 10.9 Å². The summed E-state index contributed by atoms with van der Waals surface area (Å²) in [6, 6.07) is 3.74. The van der Waals surface area contributed by atoms with E-state index < -0.39 is 6.43 Å². The van der Waals surface area contributed by atoms with Gasteiger partial charge in [0.25, 0.3) is 6.43 Å². The Hall–Kier alpha value is -1.60. The zero-order chi connectivity index (χ0) is 15.0. The highest BCUT2D eigenvalue weighted by Crippen LogP contribution is 2.36. The van der Waals surface area contributed by atoms with Crippen LogP contribution in [0.15, 0.2) is 28.7 Å². The Balaban J connectivity index is 1.94. The molecule has 2 N–H and O–H groups in total. The van der Waals surface area contributed by atoms with Crippen molar-refractivity contribution in [1.82, 2.24) is 9.97 Å². The normalized spacial score (nSPS) is 11.5. The molecular formula is C14H13F2N3S2. The number of nitrogens with one attached hydrogen (secondary N) is 2. The lowest BCUT2D eigenvalue weighted by molar-refractivity contribution is 0.153. The highest BCUT2D eigenvalue weighted by atomic mass is 32.2. The number of rotatable bonds is 4. The minimum absolute atomic E-state index is 0.0461. The summed E-state index contributed by atoms with van der Waals surface area (Å²) in [4.78, 5) is 7.14. The summed E-state index contributed by atoms with van der Waals surface area (Å²) in [6.45, 7) is 3.78. The lowest BCUT2D eigenvalue weighted by Gasteiger charge is -2.08. The molecule has 0 radical (unpaired) electrons. The fraction of sp³-hybridized carbons (Fsp3) is 0.214. The van der Waals surface area contributed by atoms with Gasteiger partial charge in [-0.3, -0.25) is 0 Å². The number of anilines is 1. The number of nitrogens with zero attached hydrogens (tertiary/aromatic N) is 1. The number of hydrogen-bond acceptors (Lipinski definition) is 4. The molecular weight excluding hydrogens is 312 g/mol. The summed E-state index contributed by atoms with van der Waals surface area (Å²) in [5, 5.41) is 1.59. The summed E-state index contributed by atoms with van der Waals surface area (Å²) in [5.74, 6) is 0. The van der Waals surface area contributed by atoms with Crippen molar-refractivity contribution >= 4 is 39.9 Å². The van der Waals surface area contributed by atoms with Crippen LogP contribution in [0, 0.1) is 13.8 Å². The van der Waals surface area contributed by atoms with Gasteiger partial charge in [0.2, 0.25) is 0 Å². The molecule has 0 spiro atoms. The molecule has 0 amide bonds. The van der Waals surface area contributed by atoms with Gasteiger partial charge in [-0.05, 0) is 37.4 Å². The second kappa shape index (κ2) is 5.65. The fourth-order valence-electron chi connectivity index (χ4n) is 2.20. The van der Waals surface area contributed by atoms with E-state index in [1.165, 1.54) is 18.1 Å². The third kappa shape index (κ3) is 2.75. The van der Waals surface area contributed by atoms with Crippen LogP contribution in [0.4, 0.5) is 14.5 Å². The Morgan fingerprint density at radius 3 is 2.81 bits per heavy atom. The quantitative estimate of drug-likeness (QED) is 0.640. The van der Waals surface area contributed by atoms with Gasteiger partial charge in [-0.2, -0.15) is 0 Å². The molecule has 0 saturated heterocycles. The van der Waals surface area contributed by atoms with Crippen LogP contribution < -0.4 is 4.72 Å². The van der Waals surface area contributed by atoms with Gasteiger partial charge in [0.15, 0.2) is 0 Å². The van der Waals surface area contributed by atoms with Gasteiger partial charge in [-0.25, -0.2) is 13.8 Å². The van der Waals surface area contributed by atoms with Crippen LogP contribution in [-0.4, -0.2) is 9.97 Å². The summed E-state index contributed by atoms with van der Waals surface area (Å²) in [6.07, 6.45) is 0.696. The molecule has 7 heteroatoms. The molecule has 21 heavy (non-hydrogen) atoms. The summed E-state index contributed by atoms with van der Waals surface area (Å²) >= 11 is 3.02. The molecule has 110 valence electrons. The van der Waals surface area contributed by atoms with Gasteiger partial charge < -0.3 is 9.71 Å². The molecule has 0 aliphatic rings. The predicted octanol–water partition coefficient (Wildman–Crippen LogP) is 5.30. The predicted molar refractivity (Wildman–Crippen MR) is 84.3 cm³/mol. The molecule has 3 nitrogen and oxygen atoms in total. The van der Waals surface area contributed by atoms with Crippen molar-refractivity contribution in [1.29, 1.82) is 0 Å². The SMILES string of the molecule is Cc1ncc(SNc2ccc(C)c3c(C(F)F)c[nH]c23)s1. The first-order chi connectivity index (χ1) is 10.1. The van der Waals surface area contributed by atoms with E-state index >= 15 is 0 Å². The van der Waals surface area contributed by atoms with Crippen molar-refractivity contribution in [3.05, 3.63) is 40.7 Å². The average molecular weight is 325 g/mol. The molecule has 0 atom stereocenters. The Morgan fingerprint density at radius 1 is 1.33 bits per heavy atom. The van der Waals surface area contributed by atoms with E-state index in [2.05, 4.69) is 14.7 Å². The number of H-pyrrole nitrogens is 1. The first kappa shape index (κ1) is 14.3. The first-order valence-corrected chi connectivity index (χ1v) is 7.93. The Morgan fingerprint density at radius 2 is 2.14 bits per heavy atom. The van der Waals surface area contributed by atoms with Crippen LogP contribution >= 0.6 is 23.3 Å². The number of fused-ring (bicyclic) bond motifs is 1. The van der Waals surface area contributed by atoms with E-state index in [9.17, 15) is 8.78 Å². The molecule has 0 aliphatic carbocycles. The molecule has 1 aromatic carbocycles. The largest absolute Gasteiger partial charge is 0.359 e. The van der Waals surface area contributed by atoms with Crippen LogP contribution in [0.3, 0.4) is 0 Å².